The van der Waals surface area contributed by atoms with E-state index >= 15 is 0 Å². The zero-order chi connectivity index (χ0) is 24.1. The number of carbonyl (C=O) groups excluding carboxylic acids is 2. The monoisotopic (exact) mass is 488 g/mol. The van der Waals surface area contributed by atoms with Crippen molar-refractivity contribution in [3.63, 3.8) is 0 Å². The Morgan fingerprint density at radius 3 is 2.76 bits per heavy atom. The van der Waals surface area contributed by atoms with Crippen molar-refractivity contribution in [2.75, 3.05) is 5.32 Å². The van der Waals surface area contributed by atoms with E-state index in [1.807, 2.05) is 20.0 Å². The fraction of sp³-hybridized carbons (Fsp3) is 0.409. The number of alkyl halides is 2. The number of aryl methyl sites for hydroxylation is 2. The quantitative estimate of drug-likeness (QED) is 0.522. The summed E-state index contributed by atoms with van der Waals surface area (Å²) in [5.41, 5.74) is 8.22. The number of amides is 2. The number of halogens is 2. The van der Waals surface area contributed by atoms with E-state index in [2.05, 4.69) is 20.6 Å². The van der Waals surface area contributed by atoms with Crippen LogP contribution in [0.2, 0.25) is 0 Å². The highest BCUT2D eigenvalue weighted by molar-refractivity contribution is 7.21. The van der Waals surface area contributed by atoms with Crippen molar-refractivity contribution in [1.29, 1.82) is 0 Å². The van der Waals surface area contributed by atoms with Gasteiger partial charge in [0.15, 0.2) is 0 Å². The summed E-state index contributed by atoms with van der Waals surface area (Å²) in [6, 6.07) is 1.36. The molecule has 2 aliphatic rings. The number of nitrogens with zero attached hydrogens (tertiary/aromatic N) is 4. The molecule has 0 aromatic carbocycles. The zero-order valence-corrected chi connectivity index (χ0v) is 19.3. The third kappa shape index (κ3) is 3.91. The first kappa shape index (κ1) is 22.4. The predicted octanol–water partition coefficient (Wildman–Crippen LogP) is 3.87. The number of nitrogens with two attached hydrogens (primary N) is 1. The van der Waals surface area contributed by atoms with Crippen molar-refractivity contribution in [3.8, 4) is 0 Å². The topological polar surface area (TPSA) is 124 Å². The third-order valence-electron chi connectivity index (χ3n) is 5.97. The average Bonchev–Trinajstić information content (AvgIpc) is 3.23. The summed E-state index contributed by atoms with van der Waals surface area (Å²) >= 11 is 0.898. The summed E-state index contributed by atoms with van der Waals surface area (Å²) in [4.78, 5) is 35.0. The predicted molar refractivity (Wildman–Crippen MR) is 122 cm³/mol. The van der Waals surface area contributed by atoms with E-state index in [0.717, 1.165) is 35.4 Å². The van der Waals surface area contributed by atoms with Crippen molar-refractivity contribution in [3.05, 3.63) is 39.7 Å². The Labute approximate surface area is 197 Å². The van der Waals surface area contributed by atoms with Crippen LogP contribution in [-0.2, 0) is 16.2 Å². The normalized spacial score (nSPS) is 17.8. The standard InChI is InChI=1S/C22H22F2N6O3S/c1-3-30-8-12(9(2)28-30)13-7-15(33-29-13)21(32)27-17-16-11(10-4-5-10)6-14(19(23)24)26-22(16)34-18(17)20(25)31/h6,8,10,15,19H,3-5,7H2,1-2H3,(H2,25,31)(H,27,32). The van der Waals surface area contributed by atoms with Crippen LogP contribution in [0.3, 0.4) is 0 Å². The molecule has 0 saturated heterocycles. The molecule has 9 nitrogen and oxygen atoms in total. The van der Waals surface area contributed by atoms with Gasteiger partial charge in [-0.3, -0.25) is 14.3 Å². The van der Waals surface area contributed by atoms with Crippen molar-refractivity contribution < 1.29 is 23.2 Å². The molecular weight excluding hydrogens is 466 g/mol. The number of aromatic nitrogens is 3. The molecule has 0 radical (unpaired) electrons. The lowest BCUT2D eigenvalue weighted by atomic mass is 10.0. The maximum Gasteiger partial charge on any atom is 0.280 e. The molecule has 1 atom stereocenters. The second-order valence-electron chi connectivity index (χ2n) is 8.37. The number of anilines is 1. The molecule has 4 heterocycles. The highest BCUT2D eigenvalue weighted by atomic mass is 32.1. The Morgan fingerprint density at radius 2 is 2.15 bits per heavy atom. The molecule has 1 aliphatic carbocycles. The summed E-state index contributed by atoms with van der Waals surface area (Å²) in [5.74, 6) is -1.21. The summed E-state index contributed by atoms with van der Waals surface area (Å²) in [6.07, 6.45) is 0.0767. The molecule has 1 fully saturated rings. The minimum absolute atomic E-state index is 0.0587. The van der Waals surface area contributed by atoms with Crippen molar-refractivity contribution in [1.82, 2.24) is 14.8 Å². The van der Waals surface area contributed by atoms with Crippen molar-refractivity contribution in [2.45, 2.75) is 58.1 Å². The maximum atomic E-state index is 13.4. The Morgan fingerprint density at radius 1 is 1.38 bits per heavy atom. The SMILES string of the molecule is CCn1cc(C2=NOC(C(=O)Nc3c(C(N)=O)sc4nc(C(F)F)cc(C5CC5)c34)C2)c(C)n1. The minimum atomic E-state index is -2.75. The maximum absolute atomic E-state index is 13.4. The molecule has 0 spiro atoms. The van der Waals surface area contributed by atoms with Gasteiger partial charge in [-0.25, -0.2) is 13.8 Å². The lowest BCUT2D eigenvalue weighted by Gasteiger charge is -2.12. The highest BCUT2D eigenvalue weighted by Gasteiger charge is 2.35. The van der Waals surface area contributed by atoms with E-state index in [4.69, 9.17) is 10.6 Å². The summed E-state index contributed by atoms with van der Waals surface area (Å²) in [7, 11) is 0. The van der Waals surface area contributed by atoms with Crippen LogP contribution < -0.4 is 11.1 Å². The number of oxime groups is 1. The van der Waals surface area contributed by atoms with Gasteiger partial charge in [-0.1, -0.05) is 5.16 Å². The van der Waals surface area contributed by atoms with Gasteiger partial charge in [-0.15, -0.1) is 11.3 Å². The van der Waals surface area contributed by atoms with Crippen LogP contribution in [0.5, 0.6) is 0 Å². The first-order chi connectivity index (χ1) is 16.3. The molecule has 3 aromatic heterocycles. The molecule has 1 aliphatic heterocycles. The number of pyridine rings is 1. The molecule has 34 heavy (non-hydrogen) atoms. The number of primary amides is 1. The van der Waals surface area contributed by atoms with E-state index < -0.39 is 24.3 Å². The lowest BCUT2D eigenvalue weighted by molar-refractivity contribution is -0.125. The van der Waals surface area contributed by atoms with Gasteiger partial charge >= 0.3 is 0 Å². The van der Waals surface area contributed by atoms with Gasteiger partial charge in [-0.2, -0.15) is 5.10 Å². The van der Waals surface area contributed by atoms with Crippen LogP contribution in [0.4, 0.5) is 14.5 Å². The lowest BCUT2D eigenvalue weighted by Crippen LogP contribution is -2.29. The third-order valence-corrected chi connectivity index (χ3v) is 7.07. The number of hydrogen-bond acceptors (Lipinski definition) is 7. The molecule has 1 unspecified atom stereocenters. The number of nitrogens with one attached hydrogen (secondary N) is 1. The molecule has 2 amide bonds. The smallest absolute Gasteiger partial charge is 0.280 e. The van der Waals surface area contributed by atoms with Gasteiger partial charge in [0, 0.05) is 30.1 Å². The summed E-state index contributed by atoms with van der Waals surface area (Å²) in [5, 5.41) is 11.7. The second-order valence-corrected chi connectivity index (χ2v) is 9.37. The zero-order valence-electron chi connectivity index (χ0n) is 18.5. The van der Waals surface area contributed by atoms with Crippen LogP contribution in [0.25, 0.3) is 10.2 Å². The summed E-state index contributed by atoms with van der Waals surface area (Å²) in [6.45, 7) is 4.52. The average molecular weight is 489 g/mol. The summed E-state index contributed by atoms with van der Waals surface area (Å²) < 4.78 is 28.6. The number of carbonyl (C=O) groups is 2. The van der Waals surface area contributed by atoms with E-state index in [1.54, 1.807) is 4.68 Å². The van der Waals surface area contributed by atoms with E-state index in [1.165, 1.54) is 6.07 Å². The van der Waals surface area contributed by atoms with E-state index in [9.17, 15) is 18.4 Å². The molecule has 3 aromatic rings. The van der Waals surface area contributed by atoms with Gasteiger partial charge in [-0.05, 0) is 44.2 Å². The largest absolute Gasteiger partial charge is 0.382 e. The van der Waals surface area contributed by atoms with Crippen LogP contribution >= 0.6 is 11.3 Å². The van der Waals surface area contributed by atoms with E-state index in [-0.39, 0.29) is 33.4 Å². The van der Waals surface area contributed by atoms with Crippen molar-refractivity contribution >= 4 is 44.8 Å². The molecule has 5 rings (SSSR count). The van der Waals surface area contributed by atoms with E-state index in [0.29, 0.717) is 23.2 Å². The van der Waals surface area contributed by atoms with Crippen LogP contribution in [0.1, 0.15) is 70.7 Å². The molecule has 3 N–H and O–H groups in total. The molecule has 178 valence electrons. The van der Waals surface area contributed by atoms with Gasteiger partial charge in [0.1, 0.15) is 15.4 Å². The number of thiophene rings is 1. The number of rotatable bonds is 7. The van der Waals surface area contributed by atoms with Crippen LogP contribution in [-0.4, -0.2) is 38.4 Å². The highest BCUT2D eigenvalue weighted by Crippen LogP contribution is 2.48. The minimum Gasteiger partial charge on any atom is -0.382 e. The van der Waals surface area contributed by atoms with Crippen molar-refractivity contribution in [2.24, 2.45) is 10.9 Å². The number of hydrogen-bond donors (Lipinski definition) is 2. The molecule has 1 saturated carbocycles. The van der Waals surface area contributed by atoms with Gasteiger partial charge < -0.3 is 15.9 Å². The molecule has 12 heteroatoms. The second kappa shape index (κ2) is 8.42. The molecular formula is C22H22F2N6O3S. The Bertz CT molecular complexity index is 1340. The molecule has 0 bridgehead atoms. The Hall–Kier alpha value is -3.41. The van der Waals surface area contributed by atoms with Gasteiger partial charge in [0.2, 0.25) is 6.10 Å². The first-order valence-corrected chi connectivity index (χ1v) is 11.7. The Balaban J connectivity index is 1.45. The van der Waals surface area contributed by atoms with Gasteiger partial charge in [0.25, 0.3) is 18.2 Å². The fourth-order valence-electron chi connectivity index (χ4n) is 4.11. The van der Waals surface area contributed by atoms with Gasteiger partial charge in [0.05, 0.1) is 17.1 Å². The van der Waals surface area contributed by atoms with Crippen LogP contribution in [0, 0.1) is 6.92 Å². The Kier molecular flexibility index (Phi) is 5.54. The fourth-order valence-corrected chi connectivity index (χ4v) is 5.13. The number of fused-ring (bicyclic) bond motifs is 1. The van der Waals surface area contributed by atoms with Crippen LogP contribution in [0.15, 0.2) is 17.4 Å². The first-order valence-electron chi connectivity index (χ1n) is 10.9.